The molecular formula is C15H14N4OS. The highest BCUT2D eigenvalue weighted by Gasteiger charge is 2.08. The fourth-order valence-electron chi connectivity index (χ4n) is 2.03. The Hall–Kier alpha value is -2.47. The molecule has 0 saturated carbocycles. The molecule has 0 spiro atoms. The second-order valence-corrected chi connectivity index (χ2v) is 5.37. The zero-order valence-corrected chi connectivity index (χ0v) is 12.5. The number of anilines is 1. The molecule has 6 heteroatoms. The Bertz CT molecular complexity index is 793. The first-order chi connectivity index (χ1) is 10.1. The van der Waals surface area contributed by atoms with E-state index < -0.39 is 0 Å². The normalized spacial score (nSPS) is 11.8. The monoisotopic (exact) mass is 298 g/mol. The van der Waals surface area contributed by atoms with Crippen LogP contribution in [-0.2, 0) is 0 Å². The highest BCUT2D eigenvalue weighted by Crippen LogP contribution is 2.19. The first kappa shape index (κ1) is 13.5. The summed E-state index contributed by atoms with van der Waals surface area (Å²) in [5.41, 5.74) is 3.98. The fraction of sp³-hybridized carbons (Fsp3) is 0.133. The van der Waals surface area contributed by atoms with Crippen molar-refractivity contribution < 1.29 is 4.74 Å². The Morgan fingerprint density at radius 3 is 2.57 bits per heavy atom. The third-order valence-corrected chi connectivity index (χ3v) is 3.74. The van der Waals surface area contributed by atoms with E-state index in [1.54, 1.807) is 12.1 Å². The van der Waals surface area contributed by atoms with E-state index in [2.05, 4.69) is 8.75 Å². The van der Waals surface area contributed by atoms with Crippen LogP contribution in [0.3, 0.4) is 0 Å². The highest BCUT2D eigenvalue weighted by molar-refractivity contribution is 7.00. The van der Waals surface area contributed by atoms with Gasteiger partial charge in [-0.25, -0.2) is 0 Å². The molecule has 0 radical (unpaired) electrons. The Morgan fingerprint density at radius 2 is 1.86 bits per heavy atom. The van der Waals surface area contributed by atoms with Crippen LogP contribution in [-0.4, -0.2) is 33.8 Å². The molecular weight excluding hydrogens is 284 g/mol. The maximum absolute atomic E-state index is 12.3. The lowest BCUT2D eigenvalue weighted by molar-refractivity contribution is -0.354. The third kappa shape index (κ3) is 2.71. The fourth-order valence-corrected chi connectivity index (χ4v) is 2.59. The molecule has 2 aromatic carbocycles. The summed E-state index contributed by atoms with van der Waals surface area (Å²) in [6.07, 6.45) is 1.54. The van der Waals surface area contributed by atoms with E-state index in [9.17, 15) is 5.21 Å². The van der Waals surface area contributed by atoms with Crippen molar-refractivity contribution in [2.75, 3.05) is 19.0 Å². The molecule has 0 amide bonds. The summed E-state index contributed by atoms with van der Waals surface area (Å²) in [6.45, 7) is 0. The van der Waals surface area contributed by atoms with Gasteiger partial charge >= 0.3 is 0 Å². The number of rotatable bonds is 3. The molecule has 0 saturated heterocycles. The van der Waals surface area contributed by atoms with Crippen molar-refractivity contribution >= 4 is 40.4 Å². The van der Waals surface area contributed by atoms with E-state index in [-0.39, 0.29) is 0 Å². The number of aromatic nitrogens is 2. The topological polar surface area (TPSA) is 55.1 Å². The quantitative estimate of drug-likeness (QED) is 0.323. The smallest absolute Gasteiger partial charge is 0.216 e. The molecule has 3 rings (SSSR count). The lowest BCUT2D eigenvalue weighted by Gasteiger charge is -2.12. The van der Waals surface area contributed by atoms with Crippen molar-refractivity contribution in [3.8, 4) is 0 Å². The van der Waals surface area contributed by atoms with Gasteiger partial charge in [0, 0.05) is 31.9 Å². The molecule has 0 aliphatic heterocycles. The van der Waals surface area contributed by atoms with Crippen molar-refractivity contribution in [1.29, 1.82) is 0 Å². The van der Waals surface area contributed by atoms with Gasteiger partial charge in [0.15, 0.2) is 6.21 Å². The van der Waals surface area contributed by atoms with Gasteiger partial charge in [-0.2, -0.15) is 13.5 Å². The number of hydrogen-bond acceptors (Lipinski definition) is 5. The van der Waals surface area contributed by atoms with Crippen molar-refractivity contribution in [1.82, 2.24) is 8.75 Å². The molecule has 1 heterocycles. The molecule has 0 atom stereocenters. The van der Waals surface area contributed by atoms with Gasteiger partial charge in [0.25, 0.3) is 0 Å². The molecule has 3 aromatic rings. The molecule has 0 bridgehead atoms. The van der Waals surface area contributed by atoms with E-state index in [0.29, 0.717) is 5.69 Å². The van der Waals surface area contributed by atoms with Crippen LogP contribution in [0.4, 0.5) is 11.4 Å². The largest absolute Gasteiger partial charge is 0.618 e. The highest BCUT2D eigenvalue weighted by atomic mass is 32.1. The standard InChI is InChI=1S/C15H14N4OS/c1-18(2)12-6-8-13(9-7-12)19(20)10-11-4-3-5-14-15(11)17-21-16-14/h3-10H,1-2H3/b19-10-. The van der Waals surface area contributed by atoms with Crippen molar-refractivity contribution in [3.05, 3.63) is 53.2 Å². The first-order valence-corrected chi connectivity index (χ1v) is 7.18. The maximum Gasteiger partial charge on any atom is 0.216 e. The van der Waals surface area contributed by atoms with E-state index in [0.717, 1.165) is 38.8 Å². The summed E-state index contributed by atoms with van der Waals surface area (Å²) in [4.78, 5) is 1.99. The molecule has 0 aliphatic rings. The summed E-state index contributed by atoms with van der Waals surface area (Å²) < 4.78 is 9.26. The Morgan fingerprint density at radius 1 is 1.10 bits per heavy atom. The van der Waals surface area contributed by atoms with Crippen molar-refractivity contribution in [2.24, 2.45) is 0 Å². The number of fused-ring (bicyclic) bond motifs is 1. The summed E-state index contributed by atoms with van der Waals surface area (Å²) in [5.74, 6) is 0. The number of benzene rings is 2. The Kier molecular flexibility index (Phi) is 3.53. The van der Waals surface area contributed by atoms with Gasteiger partial charge in [-0.05, 0) is 24.3 Å². The SMILES string of the molecule is CN(C)c1ccc(/[N+]([O-])=C/c2cccc3nsnc23)cc1. The van der Waals surface area contributed by atoms with Crippen LogP contribution in [0.25, 0.3) is 11.0 Å². The summed E-state index contributed by atoms with van der Waals surface area (Å²) in [6, 6.07) is 13.1. The first-order valence-electron chi connectivity index (χ1n) is 6.45. The second-order valence-electron chi connectivity index (χ2n) is 4.84. The van der Waals surface area contributed by atoms with Crippen LogP contribution in [0, 0.1) is 5.21 Å². The Labute approximate surface area is 126 Å². The minimum absolute atomic E-state index is 0.584. The van der Waals surface area contributed by atoms with E-state index >= 15 is 0 Å². The minimum Gasteiger partial charge on any atom is -0.618 e. The summed E-state index contributed by atoms with van der Waals surface area (Å²) >= 11 is 1.15. The predicted molar refractivity (Wildman–Crippen MR) is 86.6 cm³/mol. The lowest BCUT2D eigenvalue weighted by atomic mass is 10.2. The van der Waals surface area contributed by atoms with Gasteiger partial charge in [-0.3, -0.25) is 0 Å². The number of hydrogen-bond donors (Lipinski definition) is 0. The molecule has 21 heavy (non-hydrogen) atoms. The van der Waals surface area contributed by atoms with Crippen molar-refractivity contribution in [3.63, 3.8) is 0 Å². The lowest BCUT2D eigenvalue weighted by Crippen LogP contribution is -2.08. The minimum atomic E-state index is 0.584. The predicted octanol–water partition coefficient (Wildman–Crippen LogP) is 3.02. The van der Waals surface area contributed by atoms with Crippen LogP contribution < -0.4 is 4.90 Å². The summed E-state index contributed by atoms with van der Waals surface area (Å²) in [7, 11) is 3.93. The maximum atomic E-state index is 12.3. The zero-order valence-electron chi connectivity index (χ0n) is 11.7. The van der Waals surface area contributed by atoms with Crippen LogP contribution >= 0.6 is 11.7 Å². The van der Waals surface area contributed by atoms with Crippen LogP contribution in [0.2, 0.25) is 0 Å². The van der Waals surface area contributed by atoms with Gasteiger partial charge in [-0.15, -0.1) is 0 Å². The Balaban J connectivity index is 1.97. The average Bonchev–Trinajstić information content (AvgIpc) is 2.97. The van der Waals surface area contributed by atoms with Gasteiger partial charge in [-0.1, -0.05) is 6.07 Å². The van der Waals surface area contributed by atoms with E-state index in [1.807, 2.05) is 49.3 Å². The molecule has 0 aliphatic carbocycles. The second kappa shape index (κ2) is 5.49. The molecule has 1 aromatic heterocycles. The van der Waals surface area contributed by atoms with Crippen LogP contribution in [0.5, 0.6) is 0 Å². The molecule has 0 N–H and O–H groups in total. The number of nitrogens with zero attached hydrogens (tertiary/aromatic N) is 4. The van der Waals surface area contributed by atoms with Gasteiger partial charge in [0.05, 0.1) is 17.3 Å². The average molecular weight is 298 g/mol. The van der Waals surface area contributed by atoms with Crippen LogP contribution in [0.15, 0.2) is 42.5 Å². The summed E-state index contributed by atoms with van der Waals surface area (Å²) in [5, 5.41) is 12.3. The van der Waals surface area contributed by atoms with E-state index in [1.165, 1.54) is 6.21 Å². The molecule has 0 fully saturated rings. The van der Waals surface area contributed by atoms with Gasteiger partial charge < -0.3 is 10.1 Å². The van der Waals surface area contributed by atoms with Crippen molar-refractivity contribution in [2.45, 2.75) is 0 Å². The van der Waals surface area contributed by atoms with E-state index in [4.69, 9.17) is 0 Å². The van der Waals surface area contributed by atoms with Crippen LogP contribution in [0.1, 0.15) is 5.56 Å². The molecule has 106 valence electrons. The zero-order chi connectivity index (χ0) is 14.8. The molecule has 5 nitrogen and oxygen atoms in total. The van der Waals surface area contributed by atoms with Gasteiger partial charge in [0.2, 0.25) is 5.69 Å². The third-order valence-electron chi connectivity index (χ3n) is 3.19. The van der Waals surface area contributed by atoms with Gasteiger partial charge in [0.1, 0.15) is 11.0 Å². The molecule has 0 unspecified atom stereocenters.